The van der Waals surface area contributed by atoms with Crippen molar-refractivity contribution < 1.29 is 14.0 Å². The first-order valence-corrected chi connectivity index (χ1v) is 6.61. The van der Waals surface area contributed by atoms with Gasteiger partial charge in [0, 0.05) is 12.4 Å². The monoisotopic (exact) mass is 287 g/mol. The molecular weight excluding hydrogens is 270 g/mol. The molecule has 110 valence electrons. The van der Waals surface area contributed by atoms with E-state index in [0.29, 0.717) is 5.56 Å². The molecule has 2 rings (SSSR count). The highest BCUT2D eigenvalue weighted by molar-refractivity contribution is 5.97. The fraction of sp³-hybridized carbons (Fsp3) is 0.267. The van der Waals surface area contributed by atoms with Crippen LogP contribution in [0.2, 0.25) is 0 Å². The molecule has 2 N–H and O–H groups in total. The highest BCUT2D eigenvalue weighted by Crippen LogP contribution is 2.10. The molecule has 0 radical (unpaired) electrons. The zero-order valence-electron chi connectivity index (χ0n) is 11.9. The molecule has 0 aliphatic rings. The Hall–Kier alpha value is -2.63. The van der Waals surface area contributed by atoms with E-state index in [-0.39, 0.29) is 17.9 Å². The minimum Gasteiger partial charge on any atom is -0.472 e. The number of aromatic nitrogens is 1. The van der Waals surface area contributed by atoms with Crippen LogP contribution >= 0.6 is 0 Å². The van der Waals surface area contributed by atoms with E-state index in [1.165, 1.54) is 12.5 Å². The Morgan fingerprint density at radius 3 is 2.48 bits per heavy atom. The lowest BCUT2D eigenvalue weighted by atomic mass is 10.1. The highest BCUT2D eigenvalue weighted by atomic mass is 16.3. The van der Waals surface area contributed by atoms with Gasteiger partial charge in [-0.25, -0.2) is 0 Å². The quantitative estimate of drug-likeness (QED) is 0.876. The van der Waals surface area contributed by atoms with Crippen LogP contribution in [-0.2, 0) is 4.79 Å². The zero-order chi connectivity index (χ0) is 15.2. The lowest BCUT2D eigenvalue weighted by molar-refractivity contribution is -0.123. The lowest BCUT2D eigenvalue weighted by Gasteiger charge is -2.18. The summed E-state index contributed by atoms with van der Waals surface area (Å²) in [6.45, 7) is 3.50. The molecule has 6 nitrogen and oxygen atoms in total. The largest absolute Gasteiger partial charge is 0.472 e. The first-order valence-electron chi connectivity index (χ1n) is 6.61. The number of carbonyl (C=O) groups is 2. The van der Waals surface area contributed by atoms with Gasteiger partial charge in [-0.3, -0.25) is 14.6 Å². The normalized spacial score (nSPS) is 13.2. The Balaban J connectivity index is 1.89. The minimum absolute atomic E-state index is 0.159. The summed E-state index contributed by atoms with van der Waals surface area (Å²) in [6, 6.07) is 4.41. The summed E-state index contributed by atoms with van der Waals surface area (Å²) in [5.41, 5.74) is 1.34. The maximum absolute atomic E-state index is 12.1. The van der Waals surface area contributed by atoms with Crippen LogP contribution in [0.3, 0.4) is 0 Å². The second-order valence-electron chi connectivity index (χ2n) is 4.72. The molecule has 2 atom stereocenters. The van der Waals surface area contributed by atoms with Gasteiger partial charge in [0.2, 0.25) is 5.91 Å². The predicted octanol–water partition coefficient (Wildman–Crippen LogP) is 1.67. The van der Waals surface area contributed by atoms with Crippen LogP contribution in [-0.4, -0.2) is 22.8 Å². The average molecular weight is 287 g/mol. The molecule has 0 aromatic carbocycles. The Bertz CT molecular complexity index is 596. The van der Waals surface area contributed by atoms with Crippen molar-refractivity contribution in [2.24, 2.45) is 0 Å². The predicted molar refractivity (Wildman–Crippen MR) is 76.4 cm³/mol. The van der Waals surface area contributed by atoms with Crippen molar-refractivity contribution in [1.82, 2.24) is 15.6 Å². The van der Waals surface area contributed by atoms with Gasteiger partial charge >= 0.3 is 0 Å². The molecular formula is C15H17N3O3. The second kappa shape index (κ2) is 6.69. The van der Waals surface area contributed by atoms with Crippen LogP contribution in [0.5, 0.6) is 0 Å². The Morgan fingerprint density at radius 1 is 1.14 bits per heavy atom. The molecule has 6 heteroatoms. The lowest BCUT2D eigenvalue weighted by Crippen LogP contribution is -2.45. The maximum Gasteiger partial charge on any atom is 0.255 e. The number of pyridine rings is 1. The maximum atomic E-state index is 12.1. The molecule has 0 unspecified atom stereocenters. The van der Waals surface area contributed by atoms with Gasteiger partial charge in [-0.1, -0.05) is 0 Å². The molecule has 2 aromatic rings. The van der Waals surface area contributed by atoms with Crippen molar-refractivity contribution in [3.8, 4) is 0 Å². The van der Waals surface area contributed by atoms with Crippen LogP contribution < -0.4 is 10.6 Å². The summed E-state index contributed by atoms with van der Waals surface area (Å²) in [5, 5.41) is 5.46. The number of nitrogens with zero attached hydrogens (tertiary/aromatic N) is 1. The molecule has 2 heterocycles. The summed E-state index contributed by atoms with van der Waals surface area (Å²) in [5.74, 6) is -0.598. The standard InChI is InChI=1S/C15H17N3O3/c1-10(12-3-6-16-7-4-12)17-14(19)11(2)18-15(20)13-5-8-21-9-13/h3-11H,1-2H3,(H,17,19)(H,18,20)/t10-,11+/m0/s1. The Labute approximate surface area is 122 Å². The van der Waals surface area contributed by atoms with Crippen LogP contribution in [0, 0.1) is 0 Å². The van der Waals surface area contributed by atoms with Gasteiger partial charge in [-0.05, 0) is 37.6 Å². The third-order valence-corrected chi connectivity index (χ3v) is 3.09. The molecule has 0 spiro atoms. The van der Waals surface area contributed by atoms with E-state index >= 15 is 0 Å². The number of hydrogen-bond donors (Lipinski definition) is 2. The van der Waals surface area contributed by atoms with Crippen molar-refractivity contribution in [2.45, 2.75) is 25.9 Å². The van der Waals surface area contributed by atoms with E-state index in [2.05, 4.69) is 15.6 Å². The molecule has 0 fully saturated rings. The van der Waals surface area contributed by atoms with E-state index < -0.39 is 6.04 Å². The van der Waals surface area contributed by atoms with Gasteiger partial charge in [-0.2, -0.15) is 0 Å². The number of rotatable bonds is 5. The van der Waals surface area contributed by atoms with Gasteiger partial charge in [-0.15, -0.1) is 0 Å². The zero-order valence-corrected chi connectivity index (χ0v) is 11.9. The van der Waals surface area contributed by atoms with Crippen LogP contribution in [0.4, 0.5) is 0 Å². The number of carbonyl (C=O) groups excluding carboxylic acids is 2. The van der Waals surface area contributed by atoms with Gasteiger partial charge in [0.25, 0.3) is 5.91 Å². The smallest absolute Gasteiger partial charge is 0.255 e. The molecule has 0 bridgehead atoms. The van der Waals surface area contributed by atoms with Crippen molar-refractivity contribution in [3.05, 3.63) is 54.2 Å². The summed E-state index contributed by atoms with van der Waals surface area (Å²) in [6.07, 6.45) is 6.08. The summed E-state index contributed by atoms with van der Waals surface area (Å²) < 4.78 is 4.83. The summed E-state index contributed by atoms with van der Waals surface area (Å²) >= 11 is 0. The van der Waals surface area contributed by atoms with Gasteiger partial charge in [0.15, 0.2) is 0 Å². The third kappa shape index (κ3) is 3.92. The van der Waals surface area contributed by atoms with Crippen molar-refractivity contribution in [2.75, 3.05) is 0 Å². The number of amides is 2. The van der Waals surface area contributed by atoms with E-state index in [0.717, 1.165) is 5.56 Å². The molecule has 2 aromatic heterocycles. The molecule has 0 aliphatic carbocycles. The molecule has 2 amide bonds. The van der Waals surface area contributed by atoms with Crippen LogP contribution in [0.25, 0.3) is 0 Å². The first-order chi connectivity index (χ1) is 10.1. The summed E-state index contributed by atoms with van der Waals surface area (Å²) in [7, 11) is 0. The van der Waals surface area contributed by atoms with Gasteiger partial charge in [0.1, 0.15) is 12.3 Å². The highest BCUT2D eigenvalue weighted by Gasteiger charge is 2.19. The summed E-state index contributed by atoms with van der Waals surface area (Å²) in [4.78, 5) is 27.8. The van der Waals surface area contributed by atoms with Crippen LogP contribution in [0.15, 0.2) is 47.5 Å². The van der Waals surface area contributed by atoms with Crippen molar-refractivity contribution in [1.29, 1.82) is 0 Å². The number of nitrogens with one attached hydrogen (secondary N) is 2. The van der Waals surface area contributed by atoms with Crippen molar-refractivity contribution >= 4 is 11.8 Å². The Kier molecular flexibility index (Phi) is 4.71. The van der Waals surface area contributed by atoms with E-state index in [9.17, 15) is 9.59 Å². The van der Waals surface area contributed by atoms with E-state index in [1.54, 1.807) is 25.4 Å². The second-order valence-corrected chi connectivity index (χ2v) is 4.72. The third-order valence-electron chi connectivity index (χ3n) is 3.09. The molecule has 0 aliphatic heterocycles. The minimum atomic E-state index is -0.642. The topological polar surface area (TPSA) is 84.2 Å². The van der Waals surface area contributed by atoms with Crippen molar-refractivity contribution in [3.63, 3.8) is 0 Å². The van der Waals surface area contributed by atoms with Crippen LogP contribution in [0.1, 0.15) is 35.8 Å². The Morgan fingerprint density at radius 2 is 1.86 bits per heavy atom. The number of hydrogen-bond acceptors (Lipinski definition) is 4. The van der Waals surface area contributed by atoms with E-state index in [4.69, 9.17) is 4.42 Å². The van der Waals surface area contributed by atoms with Gasteiger partial charge in [0.05, 0.1) is 17.9 Å². The van der Waals surface area contributed by atoms with E-state index in [1.807, 2.05) is 19.1 Å². The average Bonchev–Trinajstić information content (AvgIpc) is 3.02. The SMILES string of the molecule is C[C@H](NC(=O)[C@@H](C)NC(=O)c1ccoc1)c1ccncc1. The molecule has 0 saturated heterocycles. The van der Waals surface area contributed by atoms with Gasteiger partial charge < -0.3 is 15.1 Å². The fourth-order valence-corrected chi connectivity index (χ4v) is 1.81. The molecule has 0 saturated carbocycles. The fourth-order valence-electron chi connectivity index (χ4n) is 1.81. The molecule has 21 heavy (non-hydrogen) atoms. The first kappa shape index (κ1) is 14.8. The number of furan rings is 1.